The van der Waals surface area contributed by atoms with E-state index in [1.165, 1.54) is 67.7 Å². The fraction of sp³-hybridized carbons (Fsp3) is 0.381. The smallest absolute Gasteiger partial charge is 0.271 e. The Morgan fingerprint density at radius 3 is 2.00 bits per heavy atom. The van der Waals surface area contributed by atoms with Crippen molar-refractivity contribution in [2.75, 3.05) is 14.1 Å². The average molecular weight is 757 g/mol. The highest BCUT2D eigenvalue weighted by atomic mass is 32.1. The molecular formula is C42H36N4O4S3. The molecule has 9 rings (SSSR count). The molecule has 4 amide bonds. The first-order valence-electron chi connectivity index (χ1n) is 18.2. The molecule has 0 N–H and O–H groups in total. The molecule has 0 bridgehead atoms. The van der Waals surface area contributed by atoms with Gasteiger partial charge in [-0.15, -0.1) is 34.0 Å². The fourth-order valence-electron chi connectivity index (χ4n) is 9.89. The Kier molecular flexibility index (Phi) is 7.67. The first kappa shape index (κ1) is 34.1. The van der Waals surface area contributed by atoms with E-state index >= 15 is 0 Å². The van der Waals surface area contributed by atoms with Crippen molar-refractivity contribution in [1.82, 2.24) is 9.80 Å². The molecule has 4 aliphatic carbocycles. The number of amides is 4. The number of carbonyl (C=O) groups is 4. The normalized spacial score (nSPS) is 23.5. The van der Waals surface area contributed by atoms with E-state index in [-0.39, 0.29) is 33.9 Å². The Bertz CT molecular complexity index is 2520. The van der Waals surface area contributed by atoms with E-state index in [0.717, 1.165) is 71.6 Å². The van der Waals surface area contributed by atoms with E-state index < -0.39 is 11.8 Å². The molecule has 53 heavy (non-hydrogen) atoms. The topological polar surface area (TPSA) is 103 Å². The number of likely N-dealkylation sites (N-methyl/N-ethyl adjacent to an activating group) is 2. The number of allylic oxidation sites excluding steroid dienone is 2. The fourth-order valence-corrected chi connectivity index (χ4v) is 14.5. The van der Waals surface area contributed by atoms with E-state index in [1.54, 1.807) is 25.2 Å². The molecule has 2 spiro atoms. The minimum atomic E-state index is -0.554. The number of rotatable bonds is 2. The summed E-state index contributed by atoms with van der Waals surface area (Å²) in [5, 5.41) is 9.81. The van der Waals surface area contributed by atoms with Gasteiger partial charge in [0.05, 0.1) is 20.8 Å². The minimum Gasteiger partial charge on any atom is -0.287 e. The molecule has 2 saturated carbocycles. The van der Waals surface area contributed by atoms with Gasteiger partial charge in [0, 0.05) is 56.3 Å². The first-order chi connectivity index (χ1) is 25.5. The summed E-state index contributed by atoms with van der Waals surface area (Å²) in [6.07, 6.45) is 17.1. The standard InChI is InChI=1S/C42H36N4O4S3/c1-21-25(37(47)45(4)39(49)27(21)20-43)16-23-17-29-30(41(23)12-8-6-9-13-41)34-36(52-29)31-35(53-34)33-28(42(31)14-10-7-11-15-42)19-24(51-33)18-26-22(2)32(44-3)40(50)46(5)38(26)48/h16-19H,6-15H2,1-2,4-5H3/b25-16+,26-18+. The third-order valence-electron chi connectivity index (χ3n) is 12.7. The second kappa shape index (κ2) is 11.9. The van der Waals surface area contributed by atoms with Gasteiger partial charge in [-0.3, -0.25) is 29.0 Å². The number of carbonyl (C=O) groups excluding carboxylic acids is 4. The molecule has 0 radical (unpaired) electrons. The van der Waals surface area contributed by atoms with Gasteiger partial charge in [0.15, 0.2) is 0 Å². The lowest BCUT2D eigenvalue weighted by atomic mass is 9.66. The van der Waals surface area contributed by atoms with E-state index in [9.17, 15) is 24.4 Å². The highest BCUT2D eigenvalue weighted by molar-refractivity contribution is 7.32. The van der Waals surface area contributed by atoms with E-state index in [1.807, 2.05) is 40.9 Å². The van der Waals surface area contributed by atoms with Crippen molar-refractivity contribution >= 4 is 79.2 Å². The van der Waals surface area contributed by atoms with Gasteiger partial charge < -0.3 is 0 Å². The molecule has 11 heteroatoms. The van der Waals surface area contributed by atoms with Crippen LogP contribution in [0.3, 0.4) is 0 Å². The summed E-state index contributed by atoms with van der Waals surface area (Å²) >= 11 is 5.49. The zero-order valence-corrected chi connectivity index (χ0v) is 32.5. The lowest BCUT2D eigenvalue weighted by molar-refractivity contribution is -0.140. The molecule has 3 aromatic heterocycles. The Balaban J connectivity index is 1.21. The lowest BCUT2D eigenvalue weighted by Gasteiger charge is -2.37. The number of hydrogen-bond acceptors (Lipinski definition) is 8. The van der Waals surface area contributed by atoms with Crippen molar-refractivity contribution in [3.05, 3.63) is 89.1 Å². The van der Waals surface area contributed by atoms with Crippen LogP contribution in [0.25, 0.3) is 36.2 Å². The van der Waals surface area contributed by atoms with Crippen molar-refractivity contribution in [2.24, 2.45) is 0 Å². The van der Waals surface area contributed by atoms with Crippen LogP contribution in [0, 0.1) is 17.9 Å². The minimum absolute atomic E-state index is 0.00820. The number of hydrogen-bond donors (Lipinski definition) is 0. The maximum Gasteiger partial charge on any atom is 0.271 e. The Morgan fingerprint density at radius 1 is 0.755 bits per heavy atom. The summed E-state index contributed by atoms with van der Waals surface area (Å²) in [5.41, 5.74) is 6.69. The maximum absolute atomic E-state index is 13.5. The first-order valence-corrected chi connectivity index (χ1v) is 20.7. The van der Waals surface area contributed by atoms with Crippen molar-refractivity contribution < 1.29 is 19.2 Å². The van der Waals surface area contributed by atoms with Gasteiger partial charge in [-0.25, -0.2) is 4.85 Å². The van der Waals surface area contributed by atoms with E-state index in [0.29, 0.717) is 22.3 Å². The number of thiophene rings is 3. The largest absolute Gasteiger partial charge is 0.287 e. The molecule has 266 valence electrons. The Labute approximate surface area is 319 Å². The van der Waals surface area contributed by atoms with Crippen LogP contribution >= 0.6 is 34.0 Å². The van der Waals surface area contributed by atoms with E-state index in [2.05, 4.69) is 17.0 Å². The van der Waals surface area contributed by atoms with Crippen LogP contribution in [-0.2, 0) is 30.0 Å². The molecule has 8 nitrogen and oxygen atoms in total. The summed E-state index contributed by atoms with van der Waals surface area (Å²) < 4.78 is 2.74. The zero-order valence-electron chi connectivity index (χ0n) is 30.0. The van der Waals surface area contributed by atoms with Crippen molar-refractivity contribution in [2.45, 2.75) is 88.9 Å². The molecule has 0 aromatic carbocycles. The summed E-state index contributed by atoms with van der Waals surface area (Å²) in [6.45, 7) is 11.0. The monoisotopic (exact) mass is 756 g/mol. The predicted molar refractivity (Wildman–Crippen MR) is 209 cm³/mol. The SMILES string of the molecule is [C-]#[N+]C1=C(C)/C(=C\c2cc3c(s2)-c2sc4c5c(sc4c2C32CCCCC2)C=C(/C=C2/C(=O)N(C)C(=O)C(C#N)=C2C)C52CCCCC2)C(=O)N(C)C1=O. The quantitative estimate of drug-likeness (QED) is 0.147. The van der Waals surface area contributed by atoms with Crippen molar-refractivity contribution in [3.63, 3.8) is 0 Å². The van der Waals surface area contributed by atoms with Gasteiger partial charge >= 0.3 is 0 Å². The highest BCUT2D eigenvalue weighted by Crippen LogP contribution is 2.67. The summed E-state index contributed by atoms with van der Waals surface area (Å²) in [4.78, 5) is 62.6. The van der Waals surface area contributed by atoms with Crippen LogP contribution in [0.4, 0.5) is 0 Å². The summed E-state index contributed by atoms with van der Waals surface area (Å²) in [5.74, 6) is -1.85. The van der Waals surface area contributed by atoms with Gasteiger partial charge in [0.2, 0.25) is 0 Å². The molecule has 5 heterocycles. The van der Waals surface area contributed by atoms with Crippen molar-refractivity contribution in [1.29, 1.82) is 5.26 Å². The van der Waals surface area contributed by atoms with Crippen LogP contribution in [0.1, 0.15) is 105 Å². The third-order valence-corrected chi connectivity index (χ3v) is 16.4. The molecule has 3 aromatic rings. The molecular weight excluding hydrogens is 721 g/mol. The molecule has 6 aliphatic rings. The summed E-state index contributed by atoms with van der Waals surface area (Å²) in [7, 11) is 2.89. The molecule has 0 unspecified atom stereocenters. The number of nitriles is 1. The van der Waals surface area contributed by atoms with Crippen molar-refractivity contribution in [3.8, 4) is 15.8 Å². The Morgan fingerprint density at radius 2 is 1.36 bits per heavy atom. The van der Waals surface area contributed by atoms with Gasteiger partial charge in [0.1, 0.15) is 11.6 Å². The Hall–Kier alpha value is -4.68. The van der Waals surface area contributed by atoms with Crippen LogP contribution in [0.2, 0.25) is 0 Å². The molecule has 2 aliphatic heterocycles. The second-order valence-electron chi connectivity index (χ2n) is 15.2. The zero-order chi connectivity index (χ0) is 37.1. The van der Waals surface area contributed by atoms with Crippen LogP contribution in [0.5, 0.6) is 0 Å². The molecule has 0 saturated heterocycles. The van der Waals surface area contributed by atoms with Gasteiger partial charge in [-0.1, -0.05) is 38.5 Å². The van der Waals surface area contributed by atoms with Gasteiger partial charge in [-0.05, 0) is 91.7 Å². The number of nitrogens with zero attached hydrogens (tertiary/aromatic N) is 4. The predicted octanol–water partition coefficient (Wildman–Crippen LogP) is 9.19. The average Bonchev–Trinajstić information content (AvgIpc) is 3.94. The van der Waals surface area contributed by atoms with Gasteiger partial charge in [-0.2, -0.15) is 5.26 Å². The number of imide groups is 2. The number of fused-ring (bicyclic) bond motifs is 10. The maximum atomic E-state index is 13.5. The van der Waals surface area contributed by atoms with Gasteiger partial charge in [0.25, 0.3) is 29.3 Å². The van der Waals surface area contributed by atoms with E-state index in [4.69, 9.17) is 6.57 Å². The molecule has 2 fully saturated rings. The summed E-state index contributed by atoms with van der Waals surface area (Å²) in [6, 6.07) is 4.31. The van der Waals surface area contributed by atoms with Crippen LogP contribution in [-0.4, -0.2) is 47.5 Å². The third kappa shape index (κ3) is 4.48. The van der Waals surface area contributed by atoms with Crippen LogP contribution < -0.4 is 0 Å². The molecule has 0 atom stereocenters. The second-order valence-corrected chi connectivity index (χ2v) is 18.4. The van der Waals surface area contributed by atoms with Crippen LogP contribution in [0.15, 0.2) is 51.3 Å². The highest BCUT2D eigenvalue weighted by Gasteiger charge is 2.51. The lowest BCUT2D eigenvalue weighted by Crippen LogP contribution is -2.40.